The third kappa shape index (κ3) is 1.14. The zero-order valence-electron chi connectivity index (χ0n) is 5.94. The van der Waals surface area contributed by atoms with Crippen LogP contribution in [0.2, 0.25) is 0 Å². The fourth-order valence-corrected chi connectivity index (χ4v) is 0.926. The highest BCUT2D eigenvalue weighted by molar-refractivity contribution is 5.61. The van der Waals surface area contributed by atoms with Gasteiger partial charge in [0.1, 0.15) is 18.8 Å². The first-order valence-electron chi connectivity index (χ1n) is 3.40. The fourth-order valence-electron chi connectivity index (χ4n) is 0.926. The van der Waals surface area contributed by atoms with Crippen molar-refractivity contribution in [2.24, 2.45) is 4.99 Å². The lowest BCUT2D eigenvalue weighted by atomic mass is 10.5. The van der Waals surface area contributed by atoms with Gasteiger partial charge in [-0.1, -0.05) is 6.07 Å². The third-order valence-electron chi connectivity index (χ3n) is 1.45. The number of nitrogens with one attached hydrogen (secondary N) is 1. The molecule has 1 aromatic heterocycles. The van der Waals surface area contributed by atoms with Gasteiger partial charge in [0.05, 0.1) is 0 Å². The van der Waals surface area contributed by atoms with Crippen molar-refractivity contribution < 1.29 is 0 Å². The predicted molar refractivity (Wildman–Crippen MR) is 43.2 cm³/mol. The molecular weight excluding hydrogens is 140 g/mol. The van der Waals surface area contributed by atoms with Crippen LogP contribution in [-0.4, -0.2) is 18.0 Å². The van der Waals surface area contributed by atoms with E-state index in [1.807, 2.05) is 23.2 Å². The highest BCUT2D eigenvalue weighted by atomic mass is 15.6. The summed E-state index contributed by atoms with van der Waals surface area (Å²) in [5.41, 5.74) is 2.95. The van der Waals surface area contributed by atoms with Gasteiger partial charge in [-0.3, -0.25) is 10.4 Å². The quantitative estimate of drug-likeness (QED) is 0.626. The highest BCUT2D eigenvalue weighted by Gasteiger charge is 2.06. The molecule has 0 atom stereocenters. The van der Waals surface area contributed by atoms with E-state index in [4.69, 9.17) is 0 Å². The van der Waals surface area contributed by atoms with E-state index in [1.54, 1.807) is 12.5 Å². The monoisotopic (exact) mass is 148 g/mol. The van der Waals surface area contributed by atoms with Crippen LogP contribution in [0.1, 0.15) is 0 Å². The van der Waals surface area contributed by atoms with Gasteiger partial charge in [0.25, 0.3) is 0 Å². The molecule has 0 unspecified atom stereocenters. The Labute approximate surface area is 64.6 Å². The summed E-state index contributed by atoms with van der Waals surface area (Å²) in [5, 5.41) is 1.86. The van der Waals surface area contributed by atoms with Crippen LogP contribution in [0.3, 0.4) is 0 Å². The van der Waals surface area contributed by atoms with Crippen molar-refractivity contribution in [2.45, 2.75) is 0 Å². The van der Waals surface area contributed by atoms with Gasteiger partial charge in [-0.25, -0.2) is 9.99 Å². The number of rotatable bonds is 1. The molecule has 0 bridgehead atoms. The maximum Gasteiger partial charge on any atom is 0.148 e. The average molecular weight is 148 g/mol. The first-order chi connectivity index (χ1) is 5.47. The topological polar surface area (TPSA) is 40.5 Å². The van der Waals surface area contributed by atoms with Crippen LogP contribution >= 0.6 is 0 Å². The number of nitrogens with zero attached hydrogens (tertiary/aromatic N) is 3. The zero-order valence-corrected chi connectivity index (χ0v) is 5.94. The molecule has 0 saturated carbocycles. The maximum atomic E-state index is 4.14. The fraction of sp³-hybridized carbons (Fsp3) is 0.143. The molecule has 1 aliphatic heterocycles. The van der Waals surface area contributed by atoms with Crippen molar-refractivity contribution >= 4 is 12.2 Å². The SMILES string of the molecule is C1=NCN(c2ccccn2)N1. The molecular formula is C7H8N4. The largest absolute Gasteiger partial charge is 0.285 e. The molecule has 0 amide bonds. The lowest BCUT2D eigenvalue weighted by Gasteiger charge is -2.14. The normalized spacial score (nSPS) is 15.1. The summed E-state index contributed by atoms with van der Waals surface area (Å²) in [5.74, 6) is 0.894. The van der Waals surface area contributed by atoms with Gasteiger partial charge in [-0.05, 0) is 12.1 Å². The number of hydrogen-bond donors (Lipinski definition) is 1. The molecule has 1 N–H and O–H groups in total. The average Bonchev–Trinajstić information content (AvgIpc) is 2.58. The molecule has 0 spiro atoms. The number of hydrazine groups is 1. The van der Waals surface area contributed by atoms with Gasteiger partial charge in [0, 0.05) is 6.20 Å². The van der Waals surface area contributed by atoms with Gasteiger partial charge in [-0.15, -0.1) is 0 Å². The lowest BCUT2D eigenvalue weighted by molar-refractivity contribution is 0.825. The van der Waals surface area contributed by atoms with Crippen LogP contribution in [0.15, 0.2) is 29.4 Å². The first-order valence-corrected chi connectivity index (χ1v) is 3.40. The third-order valence-corrected chi connectivity index (χ3v) is 1.45. The van der Waals surface area contributed by atoms with Crippen LogP contribution in [0, 0.1) is 0 Å². The summed E-state index contributed by atoms with van der Waals surface area (Å²) >= 11 is 0. The summed E-state index contributed by atoms with van der Waals surface area (Å²) in [6.07, 6.45) is 3.42. The Hall–Kier alpha value is -1.58. The van der Waals surface area contributed by atoms with E-state index >= 15 is 0 Å². The molecule has 0 aliphatic carbocycles. The lowest BCUT2D eigenvalue weighted by Crippen LogP contribution is -2.32. The number of anilines is 1. The molecule has 0 saturated heterocycles. The minimum absolute atomic E-state index is 0.636. The smallest absolute Gasteiger partial charge is 0.148 e. The Balaban J connectivity index is 2.17. The number of aliphatic imine (C=N–C) groups is 1. The van der Waals surface area contributed by atoms with E-state index in [-0.39, 0.29) is 0 Å². The number of hydrogen-bond acceptors (Lipinski definition) is 4. The minimum atomic E-state index is 0.636. The molecule has 2 heterocycles. The van der Waals surface area contributed by atoms with Crippen molar-refractivity contribution in [3.05, 3.63) is 24.4 Å². The van der Waals surface area contributed by atoms with Crippen LogP contribution in [0.25, 0.3) is 0 Å². The molecule has 0 radical (unpaired) electrons. The zero-order chi connectivity index (χ0) is 7.52. The van der Waals surface area contributed by atoms with Crippen molar-refractivity contribution in [1.29, 1.82) is 0 Å². The van der Waals surface area contributed by atoms with Crippen molar-refractivity contribution in [1.82, 2.24) is 10.4 Å². The summed E-state index contributed by atoms with van der Waals surface area (Å²) in [7, 11) is 0. The molecule has 4 heteroatoms. The van der Waals surface area contributed by atoms with Crippen LogP contribution < -0.4 is 10.4 Å². The van der Waals surface area contributed by atoms with Crippen molar-refractivity contribution in [3.63, 3.8) is 0 Å². The molecule has 1 aromatic rings. The van der Waals surface area contributed by atoms with E-state index in [2.05, 4.69) is 15.4 Å². The number of aromatic nitrogens is 1. The second-order valence-electron chi connectivity index (χ2n) is 2.20. The Morgan fingerprint density at radius 2 is 2.45 bits per heavy atom. The van der Waals surface area contributed by atoms with E-state index in [1.165, 1.54) is 0 Å². The van der Waals surface area contributed by atoms with E-state index in [0.29, 0.717) is 6.67 Å². The Bertz CT molecular complexity index is 248. The summed E-state index contributed by atoms with van der Waals surface area (Å²) in [6.45, 7) is 0.636. The van der Waals surface area contributed by atoms with Gasteiger partial charge < -0.3 is 0 Å². The standard InChI is InChI=1S/C7H8N4/c1-2-4-9-7(3-1)11-6-8-5-10-11/h1-5H,6H2,(H,8,10). The predicted octanol–water partition coefficient (Wildman–Crippen LogP) is 0.392. The molecule has 2 rings (SSSR count). The summed E-state index contributed by atoms with van der Waals surface area (Å²) < 4.78 is 0. The van der Waals surface area contributed by atoms with Crippen molar-refractivity contribution in [3.8, 4) is 0 Å². The van der Waals surface area contributed by atoms with Crippen molar-refractivity contribution in [2.75, 3.05) is 11.7 Å². The molecule has 11 heavy (non-hydrogen) atoms. The summed E-state index contributed by atoms with van der Waals surface area (Å²) in [6, 6.07) is 5.77. The Morgan fingerprint density at radius 1 is 1.45 bits per heavy atom. The van der Waals surface area contributed by atoms with E-state index < -0.39 is 0 Å². The molecule has 56 valence electrons. The highest BCUT2D eigenvalue weighted by Crippen LogP contribution is 2.06. The Morgan fingerprint density at radius 3 is 3.09 bits per heavy atom. The first kappa shape index (κ1) is 6.15. The Kier molecular flexibility index (Phi) is 1.44. The second-order valence-corrected chi connectivity index (χ2v) is 2.20. The van der Waals surface area contributed by atoms with E-state index in [9.17, 15) is 0 Å². The number of pyridine rings is 1. The van der Waals surface area contributed by atoms with Gasteiger partial charge in [-0.2, -0.15) is 0 Å². The van der Waals surface area contributed by atoms with Crippen LogP contribution in [0.4, 0.5) is 5.82 Å². The maximum absolute atomic E-state index is 4.14. The molecule has 0 fully saturated rings. The second kappa shape index (κ2) is 2.57. The van der Waals surface area contributed by atoms with Gasteiger partial charge >= 0.3 is 0 Å². The van der Waals surface area contributed by atoms with Gasteiger partial charge in [0.2, 0.25) is 0 Å². The van der Waals surface area contributed by atoms with Gasteiger partial charge in [0.15, 0.2) is 0 Å². The van der Waals surface area contributed by atoms with Crippen LogP contribution in [-0.2, 0) is 0 Å². The molecule has 0 aromatic carbocycles. The molecule has 1 aliphatic rings. The van der Waals surface area contributed by atoms with E-state index in [0.717, 1.165) is 5.82 Å². The summed E-state index contributed by atoms with van der Waals surface area (Å²) in [4.78, 5) is 8.14. The molecule has 4 nitrogen and oxygen atoms in total. The van der Waals surface area contributed by atoms with Crippen LogP contribution in [0.5, 0.6) is 0 Å². The minimum Gasteiger partial charge on any atom is -0.285 e.